The molecule has 1 heterocycles. The summed E-state index contributed by atoms with van der Waals surface area (Å²) >= 11 is 0. The third-order valence-corrected chi connectivity index (χ3v) is 8.11. The summed E-state index contributed by atoms with van der Waals surface area (Å²) in [4.78, 5) is 91.5. The molecule has 0 bridgehead atoms. The highest BCUT2D eigenvalue weighted by Gasteiger charge is 2.58. The van der Waals surface area contributed by atoms with E-state index < -0.39 is 71.1 Å². The molecule has 0 aromatic heterocycles. The molecular weight excluding hydrogens is 642 g/mol. The number of carboxylic acids is 1. The number of nitrogens with one attached hydrogen (secondary N) is 1. The summed E-state index contributed by atoms with van der Waals surface area (Å²) in [5.74, 6) is -6.88. The van der Waals surface area contributed by atoms with Crippen LogP contribution in [0.1, 0.15) is 44.6 Å². The monoisotopic (exact) mass is 683 g/mol. The number of nitrogens with zero attached hydrogens (tertiary/aromatic N) is 3. The number of non-ortho nitro benzene ring substituents is 1. The summed E-state index contributed by atoms with van der Waals surface area (Å²) in [6.45, 7) is 0.645. The summed E-state index contributed by atoms with van der Waals surface area (Å²) in [6.07, 6.45) is 0.973. The molecule has 264 valence electrons. The van der Waals surface area contributed by atoms with E-state index in [4.69, 9.17) is 15.2 Å². The molecule has 16 heteroatoms. The van der Waals surface area contributed by atoms with E-state index in [0.717, 1.165) is 21.9 Å². The molecule has 2 aromatic rings. The van der Waals surface area contributed by atoms with Gasteiger partial charge in [-0.15, -0.1) is 0 Å². The van der Waals surface area contributed by atoms with Crippen LogP contribution in [0.15, 0.2) is 54.6 Å². The Morgan fingerprint density at radius 3 is 2.35 bits per heavy atom. The van der Waals surface area contributed by atoms with Crippen LogP contribution in [0.2, 0.25) is 0 Å². The number of aliphatic carboxylic acids is 1. The SMILES string of the molecule is CCCCOC(=O)[C@@]1(C(=O)Oc2ccc([N+](=O)[O-])cc2)CCCN1C(=O)CN(C)C(=O)[C@H](CC(Cc1ccccc1)C(=O)O)NC(=O)CN. The van der Waals surface area contributed by atoms with Gasteiger partial charge in [0.05, 0.1) is 30.5 Å². The first-order chi connectivity index (χ1) is 23.3. The first kappa shape index (κ1) is 38.1. The smallest absolute Gasteiger partial charge is 0.349 e. The number of benzene rings is 2. The third kappa shape index (κ3) is 9.82. The van der Waals surface area contributed by atoms with Crippen molar-refractivity contribution in [3.8, 4) is 5.75 Å². The van der Waals surface area contributed by atoms with Crippen LogP contribution in [0.5, 0.6) is 5.75 Å². The van der Waals surface area contributed by atoms with E-state index >= 15 is 0 Å². The highest BCUT2D eigenvalue weighted by Crippen LogP contribution is 2.34. The Bertz CT molecular complexity index is 1520. The second-order valence-corrected chi connectivity index (χ2v) is 11.6. The molecule has 1 fully saturated rings. The number of nitrogens with two attached hydrogens (primary N) is 1. The highest BCUT2D eigenvalue weighted by atomic mass is 16.6. The Hall–Kier alpha value is -5.38. The Morgan fingerprint density at radius 2 is 1.76 bits per heavy atom. The lowest BCUT2D eigenvalue weighted by Gasteiger charge is -2.35. The molecule has 3 rings (SSSR count). The minimum Gasteiger partial charge on any atom is -0.481 e. The zero-order valence-electron chi connectivity index (χ0n) is 27.4. The van der Waals surface area contributed by atoms with Gasteiger partial charge in [0.15, 0.2) is 0 Å². The summed E-state index contributed by atoms with van der Waals surface area (Å²) in [6, 6.07) is 11.9. The number of nitro groups is 1. The van der Waals surface area contributed by atoms with Gasteiger partial charge in [0.1, 0.15) is 11.8 Å². The van der Waals surface area contributed by atoms with Crippen LogP contribution in [-0.4, -0.2) is 100 Å². The van der Waals surface area contributed by atoms with Gasteiger partial charge in [0.2, 0.25) is 23.3 Å². The maximum atomic E-state index is 13.8. The fourth-order valence-corrected chi connectivity index (χ4v) is 5.48. The van der Waals surface area contributed by atoms with Gasteiger partial charge in [-0.05, 0) is 49.8 Å². The molecule has 1 aliphatic rings. The molecule has 0 radical (unpaired) electrons. The van der Waals surface area contributed by atoms with Crippen LogP contribution >= 0.6 is 0 Å². The Labute approximate surface area is 282 Å². The van der Waals surface area contributed by atoms with Crippen molar-refractivity contribution in [3.63, 3.8) is 0 Å². The maximum Gasteiger partial charge on any atom is 0.349 e. The van der Waals surface area contributed by atoms with Crippen molar-refractivity contribution in [1.82, 2.24) is 15.1 Å². The summed E-state index contributed by atoms with van der Waals surface area (Å²) in [7, 11) is 1.27. The molecule has 1 aliphatic heterocycles. The summed E-state index contributed by atoms with van der Waals surface area (Å²) < 4.78 is 10.9. The number of likely N-dealkylation sites (tertiary alicyclic amines) is 1. The van der Waals surface area contributed by atoms with Gasteiger partial charge in [-0.2, -0.15) is 0 Å². The predicted molar refractivity (Wildman–Crippen MR) is 173 cm³/mol. The highest BCUT2D eigenvalue weighted by molar-refractivity contribution is 6.09. The van der Waals surface area contributed by atoms with Crippen molar-refractivity contribution in [2.45, 2.75) is 57.0 Å². The van der Waals surface area contributed by atoms with E-state index in [0.29, 0.717) is 18.4 Å². The molecule has 3 atom stereocenters. The molecule has 2 aromatic carbocycles. The molecule has 49 heavy (non-hydrogen) atoms. The second kappa shape index (κ2) is 17.7. The largest absolute Gasteiger partial charge is 0.481 e. The topological polar surface area (TPSA) is 229 Å². The lowest BCUT2D eigenvalue weighted by atomic mass is 9.92. The number of carboxylic acid groups (broad SMARTS) is 1. The summed E-state index contributed by atoms with van der Waals surface area (Å²) in [5.41, 5.74) is 3.68. The first-order valence-electron chi connectivity index (χ1n) is 15.8. The van der Waals surface area contributed by atoms with Crippen LogP contribution in [0.3, 0.4) is 0 Å². The van der Waals surface area contributed by atoms with Crippen molar-refractivity contribution >= 4 is 41.3 Å². The average molecular weight is 684 g/mol. The van der Waals surface area contributed by atoms with E-state index in [9.17, 15) is 44.0 Å². The van der Waals surface area contributed by atoms with Gasteiger partial charge in [-0.1, -0.05) is 43.7 Å². The number of esters is 2. The minimum absolute atomic E-state index is 0.0292. The number of likely N-dealkylation sites (N-methyl/N-ethyl adjacent to an activating group) is 1. The molecule has 0 saturated carbocycles. The van der Waals surface area contributed by atoms with Gasteiger partial charge in [0, 0.05) is 25.7 Å². The van der Waals surface area contributed by atoms with Gasteiger partial charge in [-0.3, -0.25) is 29.3 Å². The zero-order valence-corrected chi connectivity index (χ0v) is 27.4. The van der Waals surface area contributed by atoms with Crippen molar-refractivity contribution < 1.29 is 48.3 Å². The molecule has 16 nitrogen and oxygen atoms in total. The van der Waals surface area contributed by atoms with Crippen LogP contribution in [0.4, 0.5) is 5.69 Å². The lowest BCUT2D eigenvalue weighted by molar-refractivity contribution is -0.384. The molecule has 4 N–H and O–H groups in total. The zero-order chi connectivity index (χ0) is 36.1. The molecule has 0 aliphatic carbocycles. The van der Waals surface area contributed by atoms with Gasteiger partial charge >= 0.3 is 17.9 Å². The van der Waals surface area contributed by atoms with Gasteiger partial charge in [0.25, 0.3) is 5.69 Å². The lowest BCUT2D eigenvalue weighted by Crippen LogP contribution is -2.62. The minimum atomic E-state index is -2.21. The van der Waals surface area contributed by atoms with Gasteiger partial charge in [-0.25, -0.2) is 9.59 Å². The Kier molecular flexibility index (Phi) is 13.7. The number of nitro benzene ring substituents is 1. The number of hydrogen-bond donors (Lipinski definition) is 3. The van der Waals surface area contributed by atoms with Crippen LogP contribution in [0.25, 0.3) is 0 Å². The normalized spacial score (nSPS) is 16.6. The van der Waals surface area contributed by atoms with Crippen molar-refractivity contribution in [2.24, 2.45) is 11.7 Å². The predicted octanol–water partition coefficient (Wildman–Crippen LogP) is 1.44. The van der Waals surface area contributed by atoms with Gasteiger partial charge < -0.3 is 35.4 Å². The second-order valence-electron chi connectivity index (χ2n) is 11.6. The van der Waals surface area contributed by atoms with E-state index in [1.165, 1.54) is 19.2 Å². The van der Waals surface area contributed by atoms with E-state index in [-0.39, 0.29) is 50.3 Å². The Balaban J connectivity index is 1.85. The number of amides is 3. The van der Waals surface area contributed by atoms with Crippen molar-refractivity contribution in [1.29, 1.82) is 0 Å². The van der Waals surface area contributed by atoms with E-state index in [2.05, 4.69) is 5.32 Å². The number of carbonyl (C=O) groups excluding carboxylic acids is 5. The average Bonchev–Trinajstić information content (AvgIpc) is 3.54. The van der Waals surface area contributed by atoms with Crippen LogP contribution in [-0.2, 0) is 39.9 Å². The van der Waals surface area contributed by atoms with Crippen LogP contribution < -0.4 is 15.8 Å². The standard InChI is InChI=1S/C33H41N5O11/c1-3-4-17-48-31(44)33(32(45)49-25-13-11-24(12-14-25)38(46)47)15-8-16-37(33)28(40)21-36(2)29(41)26(35-27(39)20-34)19-23(30(42)43)18-22-9-6-5-7-10-22/h5-7,9-14,23,26H,3-4,8,15-21,34H2,1-2H3,(H,35,39)(H,42,43)/t23?,26-,33+/m0/s1. The first-order valence-corrected chi connectivity index (χ1v) is 15.8. The molecular formula is C33H41N5O11. The third-order valence-electron chi connectivity index (χ3n) is 8.11. The van der Waals surface area contributed by atoms with Crippen LogP contribution in [0, 0.1) is 16.0 Å². The number of hydrogen-bond acceptors (Lipinski definition) is 11. The molecule has 0 spiro atoms. The fraction of sp³-hybridized carbons (Fsp3) is 0.455. The fourth-order valence-electron chi connectivity index (χ4n) is 5.48. The number of rotatable bonds is 17. The number of carbonyl (C=O) groups is 6. The van der Waals surface area contributed by atoms with Crippen molar-refractivity contribution in [3.05, 3.63) is 70.3 Å². The number of unbranched alkanes of at least 4 members (excludes halogenated alkanes) is 1. The molecule has 1 unspecified atom stereocenters. The van der Waals surface area contributed by atoms with E-state index in [1.807, 2.05) is 6.92 Å². The molecule has 3 amide bonds. The number of ether oxygens (including phenoxy) is 2. The van der Waals surface area contributed by atoms with E-state index in [1.54, 1.807) is 30.3 Å². The molecule has 1 saturated heterocycles. The summed E-state index contributed by atoms with van der Waals surface area (Å²) in [5, 5.41) is 23.4. The van der Waals surface area contributed by atoms with Crippen molar-refractivity contribution in [2.75, 3.05) is 33.3 Å². The quantitative estimate of drug-likeness (QED) is 0.0537. The Morgan fingerprint density at radius 1 is 1.08 bits per heavy atom. The maximum absolute atomic E-state index is 13.8.